The zero-order valence-corrected chi connectivity index (χ0v) is 21.5. The van der Waals surface area contributed by atoms with Gasteiger partial charge < -0.3 is 20.6 Å². The van der Waals surface area contributed by atoms with Crippen molar-refractivity contribution in [2.24, 2.45) is 11.1 Å². The van der Waals surface area contributed by atoms with Gasteiger partial charge in [-0.3, -0.25) is 4.98 Å². The van der Waals surface area contributed by atoms with Gasteiger partial charge in [0.25, 0.3) is 0 Å². The third kappa shape index (κ3) is 4.40. The van der Waals surface area contributed by atoms with E-state index in [0.29, 0.717) is 16.0 Å². The van der Waals surface area contributed by atoms with Crippen molar-refractivity contribution in [2.75, 3.05) is 36.0 Å². The van der Waals surface area contributed by atoms with E-state index in [0.717, 1.165) is 74.7 Å². The second-order valence-electron chi connectivity index (χ2n) is 9.91. The van der Waals surface area contributed by atoms with E-state index < -0.39 is 0 Å². The number of nitrogens with two attached hydrogens (primary N) is 1. The molecule has 0 aromatic carbocycles. The van der Waals surface area contributed by atoms with E-state index in [1.54, 1.807) is 12.4 Å². The lowest BCUT2D eigenvalue weighted by Gasteiger charge is -2.41. The summed E-state index contributed by atoms with van der Waals surface area (Å²) in [7, 11) is 0. The number of halogens is 1. The summed E-state index contributed by atoms with van der Waals surface area (Å²) in [6, 6.07) is 6.01. The molecule has 0 amide bonds. The zero-order valence-electron chi connectivity index (χ0n) is 19.9. The third-order valence-corrected chi connectivity index (χ3v) is 9.27. The number of rotatable bonds is 4. The van der Waals surface area contributed by atoms with Crippen LogP contribution in [0.5, 0.6) is 0 Å². The highest BCUT2D eigenvalue weighted by Gasteiger charge is 2.46. The Bertz CT molecular complexity index is 1230. The molecular formula is C25H29ClN8OS. The van der Waals surface area contributed by atoms with Crippen molar-refractivity contribution in [2.45, 2.75) is 54.2 Å². The Hall–Kier alpha value is -2.53. The highest BCUT2D eigenvalue weighted by molar-refractivity contribution is 7.99. The van der Waals surface area contributed by atoms with E-state index >= 15 is 0 Å². The van der Waals surface area contributed by atoms with Gasteiger partial charge in [0, 0.05) is 55.2 Å². The number of fused-ring (bicyclic) bond motifs is 1. The monoisotopic (exact) mass is 524 g/mol. The highest BCUT2D eigenvalue weighted by atomic mass is 35.5. The average Bonchev–Trinajstić information content (AvgIpc) is 3.18. The molecule has 0 bridgehead atoms. The first-order valence-electron chi connectivity index (χ1n) is 12.4. The van der Waals surface area contributed by atoms with Gasteiger partial charge in [0.05, 0.1) is 17.3 Å². The van der Waals surface area contributed by atoms with Crippen LogP contribution in [-0.4, -0.2) is 62.5 Å². The van der Waals surface area contributed by atoms with Gasteiger partial charge in [-0.25, -0.2) is 9.97 Å². The van der Waals surface area contributed by atoms with Crippen LogP contribution in [0, 0.1) is 5.41 Å². The molecule has 3 aliphatic rings. The Morgan fingerprint density at radius 2 is 1.81 bits per heavy atom. The van der Waals surface area contributed by atoms with Gasteiger partial charge in [0.15, 0.2) is 0 Å². The molecule has 188 valence electrons. The van der Waals surface area contributed by atoms with E-state index in [4.69, 9.17) is 17.3 Å². The van der Waals surface area contributed by atoms with Crippen LogP contribution < -0.4 is 15.5 Å². The summed E-state index contributed by atoms with van der Waals surface area (Å²) >= 11 is 8.14. The topological polar surface area (TPSA) is 117 Å². The maximum Gasteiger partial charge on any atom is 0.245 e. The molecule has 3 aromatic rings. The number of anilines is 2. The van der Waals surface area contributed by atoms with Gasteiger partial charge in [-0.05, 0) is 55.2 Å². The van der Waals surface area contributed by atoms with Crippen LogP contribution in [-0.2, 0) is 6.42 Å². The maximum absolute atomic E-state index is 9.79. The second kappa shape index (κ2) is 9.74. The molecule has 5 heterocycles. The molecule has 9 nitrogen and oxygen atoms in total. The average molecular weight is 525 g/mol. The Morgan fingerprint density at radius 1 is 1.00 bits per heavy atom. The number of piperidine rings is 2. The van der Waals surface area contributed by atoms with Crippen LogP contribution >= 0.6 is 23.4 Å². The summed E-state index contributed by atoms with van der Waals surface area (Å²) in [6.07, 6.45) is 9.48. The summed E-state index contributed by atoms with van der Waals surface area (Å²) in [4.78, 5) is 18.8. The summed E-state index contributed by atoms with van der Waals surface area (Å²) in [5, 5.41) is 19.9. The Morgan fingerprint density at radius 3 is 2.53 bits per heavy atom. The quantitative estimate of drug-likeness (QED) is 0.526. The lowest BCUT2D eigenvalue weighted by molar-refractivity contribution is 0.145. The lowest BCUT2D eigenvalue weighted by Crippen LogP contribution is -2.45. The summed E-state index contributed by atoms with van der Waals surface area (Å²) in [6.45, 7) is 3.17. The second-order valence-corrected chi connectivity index (χ2v) is 11.3. The molecule has 1 atom stereocenters. The fraction of sp³-hybridized carbons (Fsp3) is 0.480. The van der Waals surface area contributed by atoms with Crippen molar-refractivity contribution in [1.82, 2.24) is 25.1 Å². The van der Waals surface area contributed by atoms with Crippen LogP contribution in [0.2, 0.25) is 5.02 Å². The standard InChI is InChI=1S/C25H29ClN8OS/c26-21-19(3-9-29-23(21)33-10-4-16(35)5-11-33)36-20-15-30-24(32-31-20)34-12-6-25(7-13-34)14-18-17(22(25)27)2-1-8-28-18/h1-3,8-9,15-16,22,35H,4-7,10-14,27H2/t22-/m1/s1. The minimum absolute atomic E-state index is 0.0335. The van der Waals surface area contributed by atoms with Gasteiger partial charge in [-0.2, -0.15) is 0 Å². The number of aliphatic hydroxyl groups excluding tert-OH is 1. The molecule has 0 unspecified atom stereocenters. The predicted octanol–water partition coefficient (Wildman–Crippen LogP) is 3.27. The van der Waals surface area contributed by atoms with Gasteiger partial charge >= 0.3 is 0 Å². The third-order valence-electron chi connectivity index (χ3n) is 7.82. The first-order valence-corrected chi connectivity index (χ1v) is 13.6. The molecule has 1 aliphatic carbocycles. The van der Waals surface area contributed by atoms with Crippen LogP contribution in [0.4, 0.5) is 11.8 Å². The molecule has 3 N–H and O–H groups in total. The van der Waals surface area contributed by atoms with Crippen LogP contribution in [0.3, 0.4) is 0 Å². The number of hydrogen-bond donors (Lipinski definition) is 2. The van der Waals surface area contributed by atoms with Crippen LogP contribution in [0.1, 0.15) is 43.0 Å². The Labute approximate surface area is 219 Å². The summed E-state index contributed by atoms with van der Waals surface area (Å²) in [5.41, 5.74) is 9.09. The number of aliphatic hydroxyl groups is 1. The zero-order chi connectivity index (χ0) is 24.7. The fourth-order valence-corrected chi connectivity index (χ4v) is 6.72. The number of hydrogen-bond acceptors (Lipinski definition) is 10. The molecule has 2 aliphatic heterocycles. The van der Waals surface area contributed by atoms with Crippen LogP contribution in [0.25, 0.3) is 0 Å². The maximum atomic E-state index is 9.79. The predicted molar refractivity (Wildman–Crippen MR) is 139 cm³/mol. The molecule has 11 heteroatoms. The van der Waals surface area contributed by atoms with Crippen molar-refractivity contribution in [1.29, 1.82) is 0 Å². The van der Waals surface area contributed by atoms with Gasteiger partial charge in [0.2, 0.25) is 5.95 Å². The molecule has 1 spiro atoms. The number of aromatic nitrogens is 5. The van der Waals surface area contributed by atoms with Crippen LogP contribution in [0.15, 0.2) is 46.7 Å². The minimum Gasteiger partial charge on any atom is -0.393 e. The molecule has 0 radical (unpaired) electrons. The molecule has 2 saturated heterocycles. The first kappa shape index (κ1) is 23.8. The number of pyridine rings is 2. The fourth-order valence-electron chi connectivity index (χ4n) is 5.65. The van der Waals surface area contributed by atoms with Crippen molar-refractivity contribution >= 4 is 35.1 Å². The molecule has 2 fully saturated rings. The number of nitrogens with zero attached hydrogens (tertiary/aromatic N) is 7. The van der Waals surface area contributed by atoms with E-state index in [2.05, 4.69) is 41.0 Å². The SMILES string of the molecule is N[C@@H]1c2cccnc2CC12CCN(c1ncc(Sc3ccnc(N4CCC(O)CC4)c3Cl)nn1)CC2. The molecular weight excluding hydrogens is 496 g/mol. The first-order chi connectivity index (χ1) is 17.5. The summed E-state index contributed by atoms with van der Waals surface area (Å²) in [5.74, 6) is 1.39. The Balaban J connectivity index is 1.10. The molecule has 6 rings (SSSR count). The smallest absolute Gasteiger partial charge is 0.245 e. The van der Waals surface area contributed by atoms with E-state index in [1.807, 2.05) is 18.3 Å². The molecule has 36 heavy (non-hydrogen) atoms. The van der Waals surface area contributed by atoms with Gasteiger partial charge in [-0.15, -0.1) is 10.2 Å². The van der Waals surface area contributed by atoms with Crippen molar-refractivity contribution in [3.05, 3.63) is 53.1 Å². The van der Waals surface area contributed by atoms with Gasteiger partial charge in [0.1, 0.15) is 10.8 Å². The minimum atomic E-state index is -0.244. The molecule has 0 saturated carbocycles. The van der Waals surface area contributed by atoms with E-state index in [1.165, 1.54) is 17.3 Å². The van der Waals surface area contributed by atoms with Crippen molar-refractivity contribution in [3.63, 3.8) is 0 Å². The molecule has 3 aromatic heterocycles. The van der Waals surface area contributed by atoms with E-state index in [-0.39, 0.29) is 17.6 Å². The van der Waals surface area contributed by atoms with E-state index in [9.17, 15) is 5.11 Å². The lowest BCUT2D eigenvalue weighted by atomic mass is 9.73. The normalized spacial score (nSPS) is 21.7. The largest absolute Gasteiger partial charge is 0.393 e. The van der Waals surface area contributed by atoms with Crippen molar-refractivity contribution < 1.29 is 5.11 Å². The van der Waals surface area contributed by atoms with Crippen molar-refractivity contribution in [3.8, 4) is 0 Å². The highest BCUT2D eigenvalue weighted by Crippen LogP contribution is 2.50. The summed E-state index contributed by atoms with van der Waals surface area (Å²) < 4.78 is 0. The Kier molecular flexibility index (Phi) is 6.45. The van der Waals surface area contributed by atoms with Gasteiger partial charge in [-0.1, -0.05) is 29.4 Å².